The third-order valence-electron chi connectivity index (χ3n) is 11.1. The smallest absolute Gasteiger partial charge is 0.433 e. The van der Waals surface area contributed by atoms with Crippen molar-refractivity contribution < 1.29 is 67.9 Å². The van der Waals surface area contributed by atoms with Crippen LogP contribution in [0.4, 0.5) is 9.59 Å². The quantitative estimate of drug-likeness (QED) is 0.0428. The summed E-state index contributed by atoms with van der Waals surface area (Å²) in [5, 5.41) is 39.3. The molecule has 69 heavy (non-hydrogen) atoms. The number of nitrogens with one attached hydrogen (secondary N) is 4. The van der Waals surface area contributed by atoms with Gasteiger partial charge in [-0.2, -0.15) is 0 Å². The molecule has 0 radical (unpaired) electrons. The van der Waals surface area contributed by atoms with Gasteiger partial charge in [0.05, 0.1) is 6.42 Å². The fourth-order valence-corrected chi connectivity index (χ4v) is 7.47. The molecule has 7 amide bonds. The molecule has 5 atom stereocenters. The zero-order valence-electron chi connectivity index (χ0n) is 37.4. The fraction of sp³-hybridized carbons (Fsp3) is 0.286. The van der Waals surface area contributed by atoms with Crippen molar-refractivity contribution in [2.24, 2.45) is 5.92 Å². The van der Waals surface area contributed by atoms with Crippen LogP contribution >= 0.6 is 0 Å². The maximum absolute atomic E-state index is 14.3. The van der Waals surface area contributed by atoms with Crippen molar-refractivity contribution in [3.8, 4) is 0 Å². The average Bonchev–Trinajstić information content (AvgIpc) is 4.13. The van der Waals surface area contributed by atoms with Gasteiger partial charge in [0, 0.05) is 19.5 Å². The highest BCUT2D eigenvalue weighted by atomic mass is 16.6. The lowest BCUT2D eigenvalue weighted by atomic mass is 10.0. The molecule has 1 aliphatic rings. The molecule has 20 nitrogen and oxygen atoms in total. The van der Waals surface area contributed by atoms with Crippen molar-refractivity contribution in [3.63, 3.8) is 0 Å². The Kier molecular flexibility index (Phi) is 16.6. The molecule has 7 N–H and O–H groups in total. The minimum atomic E-state index is -1.96. The number of benzene rings is 5. The Balaban J connectivity index is 1.14. The maximum atomic E-state index is 14.3. The van der Waals surface area contributed by atoms with E-state index in [4.69, 9.17) is 9.47 Å². The van der Waals surface area contributed by atoms with Gasteiger partial charge in [0.15, 0.2) is 12.2 Å². The van der Waals surface area contributed by atoms with E-state index in [1.54, 1.807) is 30.3 Å². The molecule has 1 heterocycles. The van der Waals surface area contributed by atoms with Crippen molar-refractivity contribution >= 4 is 75.2 Å². The van der Waals surface area contributed by atoms with Crippen LogP contribution in [0.15, 0.2) is 115 Å². The molecule has 5 aromatic carbocycles. The van der Waals surface area contributed by atoms with E-state index in [0.717, 1.165) is 32.7 Å². The predicted octanol–water partition coefficient (Wildman–Crippen LogP) is 4.09. The topological polar surface area (TPSA) is 291 Å². The van der Waals surface area contributed by atoms with Gasteiger partial charge in [0.25, 0.3) is 17.7 Å². The lowest BCUT2D eigenvalue weighted by Gasteiger charge is -2.27. The standard InChI is InChI=1S/C49H50N6O14/c1-28(2)40(52-43(60)36(21-22-38(56)57)50-44(61)37(24-39(58)59)51-48(65)68-27-29-11-4-3-5-12-29)45(62)53-55(49(66)67)47(64)42-41(69-42)46(63)54(25-30-19-20-31-13-6-7-15-33(31)23-30)26-34-17-10-16-32-14-8-9-18-35(32)34/h3-20,23,28,36-37,40-42H,21-22,24-27H2,1-2H3,(H,50,61)(H,51,65)(H,52,60)(H,53,62)(H,56,57)(H,58,59)(H,66,67)/t36-,37-,40-,41?,42?/m0/s1. The van der Waals surface area contributed by atoms with Gasteiger partial charge in [0.1, 0.15) is 24.7 Å². The van der Waals surface area contributed by atoms with E-state index in [1.807, 2.05) is 90.4 Å². The molecule has 20 heteroatoms. The van der Waals surface area contributed by atoms with Crippen LogP contribution in [0.1, 0.15) is 49.8 Å². The molecular formula is C49H50N6O14. The number of aliphatic carboxylic acids is 2. The van der Waals surface area contributed by atoms with Gasteiger partial charge in [-0.15, -0.1) is 5.01 Å². The van der Waals surface area contributed by atoms with Crippen molar-refractivity contribution in [1.29, 1.82) is 0 Å². The summed E-state index contributed by atoms with van der Waals surface area (Å²) in [7, 11) is 0. The summed E-state index contributed by atoms with van der Waals surface area (Å²) in [6, 6.07) is 29.9. The highest BCUT2D eigenvalue weighted by Gasteiger charge is 2.55. The number of nitrogens with zero attached hydrogens (tertiary/aromatic N) is 2. The van der Waals surface area contributed by atoms with E-state index in [-0.39, 0.29) is 24.7 Å². The number of epoxide rings is 1. The van der Waals surface area contributed by atoms with Crippen molar-refractivity contribution in [2.75, 3.05) is 0 Å². The van der Waals surface area contributed by atoms with Gasteiger partial charge in [-0.3, -0.25) is 39.0 Å². The number of rotatable bonds is 20. The first kappa shape index (κ1) is 50.0. The first-order valence-electron chi connectivity index (χ1n) is 21.8. The van der Waals surface area contributed by atoms with Gasteiger partial charge < -0.3 is 45.6 Å². The molecule has 1 saturated heterocycles. The predicted molar refractivity (Wildman–Crippen MR) is 245 cm³/mol. The van der Waals surface area contributed by atoms with Crippen LogP contribution in [0.2, 0.25) is 0 Å². The summed E-state index contributed by atoms with van der Waals surface area (Å²) >= 11 is 0. The number of carboxylic acid groups (broad SMARTS) is 3. The van der Waals surface area contributed by atoms with Crippen molar-refractivity contribution in [1.82, 2.24) is 31.3 Å². The van der Waals surface area contributed by atoms with E-state index in [0.29, 0.717) is 5.56 Å². The first-order valence-corrected chi connectivity index (χ1v) is 21.8. The van der Waals surface area contributed by atoms with E-state index in [9.17, 15) is 58.5 Å². The summed E-state index contributed by atoms with van der Waals surface area (Å²) < 4.78 is 10.6. The van der Waals surface area contributed by atoms with E-state index < -0.39 is 109 Å². The zero-order valence-corrected chi connectivity index (χ0v) is 37.4. The summed E-state index contributed by atoms with van der Waals surface area (Å²) in [6.07, 6.45) is -8.45. The molecule has 1 aliphatic heterocycles. The summed E-state index contributed by atoms with van der Waals surface area (Å²) in [6.45, 7) is 2.86. The van der Waals surface area contributed by atoms with E-state index >= 15 is 0 Å². The minimum absolute atomic E-state index is 0.0665. The fourth-order valence-electron chi connectivity index (χ4n) is 7.47. The van der Waals surface area contributed by atoms with Gasteiger partial charge in [-0.1, -0.05) is 123 Å². The SMILES string of the molecule is CC(C)[C@H](NC(=O)[C@H](CCC(=O)O)NC(=O)[C@H](CC(=O)O)NC(=O)OCc1ccccc1)C(=O)NN(C(=O)O)C(=O)C1OC1C(=O)N(Cc1ccc2ccccc2c1)Cc1cccc2ccccc12. The van der Waals surface area contributed by atoms with Crippen LogP contribution in [-0.4, -0.2) is 109 Å². The average molecular weight is 947 g/mol. The third kappa shape index (κ3) is 13.6. The molecule has 6 rings (SSSR count). The second-order valence-electron chi connectivity index (χ2n) is 16.5. The summed E-state index contributed by atoms with van der Waals surface area (Å²) in [4.78, 5) is 119. The second kappa shape index (κ2) is 22.9. The molecule has 0 bridgehead atoms. The van der Waals surface area contributed by atoms with Gasteiger partial charge in [0.2, 0.25) is 11.8 Å². The number of carboxylic acids is 2. The molecule has 2 unspecified atom stereocenters. The van der Waals surface area contributed by atoms with Crippen LogP contribution in [0, 0.1) is 5.92 Å². The number of carbonyl (C=O) groups is 9. The van der Waals surface area contributed by atoms with Crippen LogP contribution in [0.3, 0.4) is 0 Å². The van der Waals surface area contributed by atoms with Crippen molar-refractivity contribution in [3.05, 3.63) is 132 Å². The number of hydrogen-bond acceptors (Lipinski definition) is 11. The number of imide groups is 1. The molecule has 0 aromatic heterocycles. The molecular weight excluding hydrogens is 897 g/mol. The van der Waals surface area contributed by atoms with Gasteiger partial charge in [-0.25, -0.2) is 9.59 Å². The molecule has 5 aromatic rings. The Morgan fingerprint density at radius 3 is 1.94 bits per heavy atom. The molecule has 0 aliphatic carbocycles. The van der Waals surface area contributed by atoms with Crippen LogP contribution in [0.5, 0.6) is 0 Å². The lowest BCUT2D eigenvalue weighted by Crippen LogP contribution is -2.61. The zero-order chi connectivity index (χ0) is 49.8. The summed E-state index contributed by atoms with van der Waals surface area (Å²) in [5.74, 6) is -9.28. The Hall–Kier alpha value is -8.39. The largest absolute Gasteiger partial charge is 0.481 e. The second-order valence-corrected chi connectivity index (χ2v) is 16.5. The van der Waals surface area contributed by atoms with Crippen molar-refractivity contribution in [2.45, 2.75) is 83.1 Å². The summed E-state index contributed by atoms with van der Waals surface area (Å²) in [5.41, 5.74) is 4.12. The van der Waals surface area contributed by atoms with Crippen LogP contribution in [-0.2, 0) is 62.7 Å². The van der Waals surface area contributed by atoms with Gasteiger partial charge >= 0.3 is 24.1 Å². The van der Waals surface area contributed by atoms with E-state index in [2.05, 4.69) is 16.0 Å². The first-order chi connectivity index (χ1) is 33.0. The Morgan fingerprint density at radius 2 is 1.26 bits per heavy atom. The molecule has 0 spiro atoms. The number of carbonyl (C=O) groups excluding carboxylic acids is 6. The molecule has 1 fully saturated rings. The minimum Gasteiger partial charge on any atom is -0.481 e. The van der Waals surface area contributed by atoms with E-state index in [1.165, 1.54) is 18.7 Å². The Bertz CT molecular complexity index is 2740. The normalized spacial score (nSPS) is 15.2. The highest BCUT2D eigenvalue weighted by molar-refractivity contribution is 6.03. The highest BCUT2D eigenvalue weighted by Crippen LogP contribution is 2.30. The monoisotopic (exact) mass is 946 g/mol. The number of hydrazine groups is 1. The number of alkyl carbamates (subject to hydrolysis) is 1. The van der Waals surface area contributed by atoms with Crippen LogP contribution in [0.25, 0.3) is 21.5 Å². The maximum Gasteiger partial charge on any atom is 0.433 e. The van der Waals surface area contributed by atoms with Crippen LogP contribution < -0.4 is 21.4 Å². The molecule has 0 saturated carbocycles. The number of ether oxygens (including phenoxy) is 2. The van der Waals surface area contributed by atoms with Gasteiger partial charge in [-0.05, 0) is 56.6 Å². The number of amides is 7. The number of fused-ring (bicyclic) bond motifs is 2. The number of hydrogen-bond donors (Lipinski definition) is 7. The Labute approximate surface area is 394 Å². The molecule has 360 valence electrons. The Morgan fingerprint density at radius 1 is 0.623 bits per heavy atom. The third-order valence-corrected chi connectivity index (χ3v) is 11.1. The lowest BCUT2D eigenvalue weighted by molar-refractivity contribution is -0.142.